The molecule has 0 bridgehead atoms. The minimum Gasteiger partial charge on any atom is -0.285 e. The molecule has 0 fully saturated rings. The van der Waals surface area contributed by atoms with Crippen molar-refractivity contribution < 1.29 is 8.42 Å². The van der Waals surface area contributed by atoms with Crippen LogP contribution in [0, 0.1) is 0 Å². The predicted molar refractivity (Wildman–Crippen MR) is 79.7 cm³/mol. The first-order valence-electron chi connectivity index (χ1n) is 6.10. The Kier molecular flexibility index (Phi) is 4.49. The van der Waals surface area contributed by atoms with E-state index in [9.17, 15) is 8.42 Å². The van der Waals surface area contributed by atoms with Crippen LogP contribution in [0.15, 0.2) is 63.9 Å². The minimum absolute atomic E-state index is 0.136. The summed E-state index contributed by atoms with van der Waals surface area (Å²) in [4.78, 5) is 4.06. The van der Waals surface area contributed by atoms with Crippen molar-refractivity contribution in [3.8, 4) is 0 Å². The molecule has 1 heterocycles. The number of rotatable bonds is 5. The maximum absolute atomic E-state index is 12.2. The smallest absolute Gasteiger partial charge is 0.263 e. The molecule has 0 unspecified atom stereocenters. The Labute approximate surface area is 123 Å². The lowest BCUT2D eigenvalue weighted by Gasteiger charge is -2.07. The zero-order chi connectivity index (χ0) is 15.3. The molecule has 0 amide bonds. The van der Waals surface area contributed by atoms with E-state index in [1.807, 2.05) is 0 Å². The minimum atomic E-state index is -3.66. The Bertz CT molecular complexity index is 712. The molecule has 0 saturated carbocycles. The number of sulfonamides is 1. The molecule has 0 atom stereocenters. The van der Waals surface area contributed by atoms with E-state index in [0.29, 0.717) is 5.69 Å². The fourth-order valence-corrected chi connectivity index (χ4v) is 2.46. The van der Waals surface area contributed by atoms with Crippen LogP contribution in [0.4, 0.5) is 11.5 Å². The Morgan fingerprint density at radius 1 is 1.10 bits per heavy atom. The average Bonchev–Trinajstić information content (AvgIpc) is 2.46. The van der Waals surface area contributed by atoms with Crippen LogP contribution >= 0.6 is 0 Å². The maximum Gasteiger partial charge on any atom is 0.263 e. The van der Waals surface area contributed by atoms with Crippen molar-refractivity contribution in [3.63, 3.8) is 0 Å². The summed E-state index contributed by atoms with van der Waals surface area (Å²) in [6.45, 7) is 0. The molecule has 2 rings (SSSR count). The van der Waals surface area contributed by atoms with E-state index in [-0.39, 0.29) is 10.7 Å². The zero-order valence-corrected chi connectivity index (χ0v) is 12.4. The van der Waals surface area contributed by atoms with Gasteiger partial charge in [-0.25, -0.2) is 13.4 Å². The fourth-order valence-electron chi connectivity index (χ4n) is 1.45. The molecule has 0 saturated heterocycles. The van der Waals surface area contributed by atoms with Gasteiger partial charge in [-0.3, -0.25) is 9.73 Å². The van der Waals surface area contributed by atoms with Crippen molar-refractivity contribution in [2.45, 2.75) is 4.90 Å². The van der Waals surface area contributed by atoms with Gasteiger partial charge in [-0.1, -0.05) is 11.3 Å². The van der Waals surface area contributed by atoms with Crippen LogP contribution in [0.2, 0.25) is 0 Å². The number of hydrogen-bond donors (Lipinski definition) is 1. The number of hydrogen-bond acceptors (Lipinski definition) is 5. The summed E-state index contributed by atoms with van der Waals surface area (Å²) in [5.74, 6) is 0.272. The molecule has 0 aliphatic carbocycles. The Morgan fingerprint density at radius 2 is 1.81 bits per heavy atom. The van der Waals surface area contributed by atoms with E-state index in [4.69, 9.17) is 0 Å². The lowest BCUT2D eigenvalue weighted by Crippen LogP contribution is -2.13. The van der Waals surface area contributed by atoms with E-state index < -0.39 is 10.0 Å². The third-order valence-corrected chi connectivity index (χ3v) is 3.76. The lowest BCUT2D eigenvalue weighted by molar-refractivity contribution is 0.408. The molecule has 0 aliphatic heterocycles. The van der Waals surface area contributed by atoms with Gasteiger partial charge in [0.2, 0.25) is 0 Å². The van der Waals surface area contributed by atoms with E-state index >= 15 is 0 Å². The van der Waals surface area contributed by atoms with Gasteiger partial charge in [-0.2, -0.15) is 0 Å². The van der Waals surface area contributed by atoms with Crippen LogP contribution in [-0.4, -0.2) is 32.5 Å². The second-order valence-corrected chi connectivity index (χ2v) is 6.03. The van der Waals surface area contributed by atoms with E-state index in [1.165, 1.54) is 18.3 Å². The van der Waals surface area contributed by atoms with Gasteiger partial charge < -0.3 is 0 Å². The van der Waals surface area contributed by atoms with Gasteiger partial charge in [0.25, 0.3) is 10.0 Å². The first-order chi connectivity index (χ1) is 9.97. The molecule has 0 aliphatic rings. The molecule has 1 N–H and O–H groups in total. The van der Waals surface area contributed by atoms with Crippen LogP contribution in [0.5, 0.6) is 0 Å². The van der Waals surface area contributed by atoms with Crippen molar-refractivity contribution in [1.29, 1.82) is 0 Å². The molecular weight excluding hydrogens is 290 g/mol. The van der Waals surface area contributed by atoms with Gasteiger partial charge in [0.05, 0.1) is 10.6 Å². The molecular formula is C13H15N5O2S. The van der Waals surface area contributed by atoms with E-state index in [2.05, 4.69) is 20.0 Å². The highest BCUT2D eigenvalue weighted by Crippen LogP contribution is 2.19. The van der Waals surface area contributed by atoms with Gasteiger partial charge in [-0.05, 0) is 36.4 Å². The zero-order valence-electron chi connectivity index (χ0n) is 11.6. The molecule has 0 spiro atoms. The molecule has 8 heteroatoms. The summed E-state index contributed by atoms with van der Waals surface area (Å²) in [5.41, 5.74) is 0.570. The number of benzene rings is 1. The Hall–Kier alpha value is -2.48. The van der Waals surface area contributed by atoms with E-state index in [1.54, 1.807) is 49.4 Å². The van der Waals surface area contributed by atoms with Gasteiger partial charge in [-0.15, -0.1) is 5.11 Å². The predicted octanol–water partition coefficient (Wildman–Crippen LogP) is 2.44. The highest BCUT2D eigenvalue weighted by atomic mass is 32.2. The van der Waals surface area contributed by atoms with Gasteiger partial charge >= 0.3 is 0 Å². The molecule has 110 valence electrons. The second-order valence-electron chi connectivity index (χ2n) is 4.35. The summed E-state index contributed by atoms with van der Waals surface area (Å²) < 4.78 is 26.7. The summed E-state index contributed by atoms with van der Waals surface area (Å²) in [7, 11) is -0.158. The SMILES string of the molecule is CN(C)N=Nc1ccc(S(=O)(=O)Nc2ccccn2)cc1. The second kappa shape index (κ2) is 6.31. The monoisotopic (exact) mass is 305 g/mol. The largest absolute Gasteiger partial charge is 0.285 e. The number of nitrogens with one attached hydrogen (secondary N) is 1. The molecule has 2 aromatic rings. The van der Waals surface area contributed by atoms with E-state index in [0.717, 1.165) is 0 Å². The van der Waals surface area contributed by atoms with Gasteiger partial charge in [0.15, 0.2) is 0 Å². The van der Waals surface area contributed by atoms with Gasteiger partial charge in [0, 0.05) is 20.3 Å². The van der Waals surface area contributed by atoms with Crippen molar-refractivity contribution in [1.82, 2.24) is 9.99 Å². The molecule has 21 heavy (non-hydrogen) atoms. The number of pyridine rings is 1. The van der Waals surface area contributed by atoms with Crippen molar-refractivity contribution in [2.24, 2.45) is 10.3 Å². The normalized spacial score (nSPS) is 11.5. The molecule has 1 aromatic heterocycles. The highest BCUT2D eigenvalue weighted by Gasteiger charge is 2.14. The summed E-state index contributed by atoms with van der Waals surface area (Å²) in [6.07, 6.45) is 1.52. The van der Waals surface area contributed by atoms with Crippen LogP contribution in [0.1, 0.15) is 0 Å². The number of aromatic nitrogens is 1. The lowest BCUT2D eigenvalue weighted by atomic mass is 10.3. The van der Waals surface area contributed by atoms with Crippen molar-refractivity contribution in [2.75, 3.05) is 18.8 Å². The van der Waals surface area contributed by atoms with Crippen LogP contribution in [0.25, 0.3) is 0 Å². The number of nitrogens with zero attached hydrogens (tertiary/aromatic N) is 4. The highest BCUT2D eigenvalue weighted by molar-refractivity contribution is 7.92. The fraction of sp³-hybridized carbons (Fsp3) is 0.154. The van der Waals surface area contributed by atoms with Gasteiger partial charge in [0.1, 0.15) is 5.82 Å². The third-order valence-electron chi connectivity index (χ3n) is 2.39. The molecule has 0 radical (unpaired) electrons. The maximum atomic E-state index is 12.2. The standard InChI is InChI=1S/C13H15N5O2S/c1-18(2)17-15-11-6-8-12(9-7-11)21(19,20)16-13-5-3-4-10-14-13/h3-10H,1-2H3,(H,14,16). The topological polar surface area (TPSA) is 87.0 Å². The van der Waals surface area contributed by atoms with Crippen LogP contribution < -0.4 is 4.72 Å². The Morgan fingerprint density at radius 3 is 2.38 bits per heavy atom. The quantitative estimate of drug-likeness (QED) is 0.679. The third kappa shape index (κ3) is 4.25. The molecule has 7 nitrogen and oxygen atoms in total. The molecule has 1 aromatic carbocycles. The van der Waals surface area contributed by atoms with Crippen LogP contribution in [-0.2, 0) is 10.0 Å². The summed E-state index contributed by atoms with van der Waals surface area (Å²) >= 11 is 0. The van der Waals surface area contributed by atoms with Crippen LogP contribution in [0.3, 0.4) is 0 Å². The summed E-state index contributed by atoms with van der Waals surface area (Å²) in [5, 5.41) is 9.32. The summed E-state index contributed by atoms with van der Waals surface area (Å²) in [6, 6.07) is 11.1. The van der Waals surface area contributed by atoms with Crippen molar-refractivity contribution >= 4 is 21.5 Å². The first kappa shape index (κ1) is 14.9. The Balaban J connectivity index is 2.17. The average molecular weight is 305 g/mol. The first-order valence-corrected chi connectivity index (χ1v) is 7.58. The van der Waals surface area contributed by atoms with Crippen molar-refractivity contribution in [3.05, 3.63) is 48.7 Å². The number of anilines is 1.